The zero-order valence-corrected chi connectivity index (χ0v) is 18.8. The highest BCUT2D eigenvalue weighted by molar-refractivity contribution is 7.13. The molecular weight excluding hydrogens is 444 g/mol. The van der Waals surface area contributed by atoms with Gasteiger partial charge in [0.15, 0.2) is 10.9 Å². The zero-order valence-electron chi connectivity index (χ0n) is 18.0. The number of carbonyl (C=O) groups excluding carboxylic acids is 2. The normalized spacial score (nSPS) is 18.1. The number of anilines is 4. The van der Waals surface area contributed by atoms with Crippen LogP contribution in [0.25, 0.3) is 5.65 Å². The number of aromatic nitrogens is 6. The van der Waals surface area contributed by atoms with Gasteiger partial charge in [-0.15, -0.1) is 11.3 Å². The van der Waals surface area contributed by atoms with Gasteiger partial charge < -0.3 is 16.0 Å². The van der Waals surface area contributed by atoms with Crippen LogP contribution in [0.1, 0.15) is 35.9 Å². The first-order valence-corrected chi connectivity index (χ1v) is 11.2. The first kappa shape index (κ1) is 20.9. The second kappa shape index (κ2) is 7.85. The van der Waals surface area contributed by atoms with E-state index in [4.69, 9.17) is 10.7 Å². The summed E-state index contributed by atoms with van der Waals surface area (Å²) in [6.07, 6.45) is 3.28. The molecule has 12 nitrogen and oxygen atoms in total. The van der Waals surface area contributed by atoms with Crippen molar-refractivity contribution in [3.8, 4) is 0 Å². The maximum atomic E-state index is 13.3. The van der Waals surface area contributed by atoms with Crippen molar-refractivity contribution in [1.82, 2.24) is 29.5 Å². The van der Waals surface area contributed by atoms with Gasteiger partial charge in [0.05, 0.1) is 5.69 Å². The number of nitrogens with zero attached hydrogens (tertiary/aromatic N) is 6. The summed E-state index contributed by atoms with van der Waals surface area (Å²) in [5, 5.41) is 15.1. The van der Waals surface area contributed by atoms with E-state index < -0.39 is 11.4 Å². The van der Waals surface area contributed by atoms with Crippen molar-refractivity contribution in [2.24, 2.45) is 5.73 Å². The van der Waals surface area contributed by atoms with Crippen LogP contribution in [0.15, 0.2) is 29.8 Å². The lowest BCUT2D eigenvalue weighted by molar-refractivity contribution is -0.120. The summed E-state index contributed by atoms with van der Waals surface area (Å²) < 4.78 is 1.76. The number of thiazole rings is 1. The van der Waals surface area contributed by atoms with Crippen LogP contribution in [-0.2, 0) is 4.79 Å². The molecule has 1 aliphatic heterocycles. The Balaban J connectivity index is 1.48. The maximum absolute atomic E-state index is 13.3. The van der Waals surface area contributed by atoms with E-state index in [9.17, 15) is 9.59 Å². The highest BCUT2D eigenvalue weighted by Gasteiger charge is 2.45. The summed E-state index contributed by atoms with van der Waals surface area (Å²) in [6, 6.07) is 5.20. The average molecular weight is 467 g/mol. The number of H-pyrrole nitrogens is 1. The van der Waals surface area contributed by atoms with Crippen LogP contribution in [0.4, 0.5) is 22.8 Å². The molecule has 5 N–H and O–H groups in total. The molecule has 33 heavy (non-hydrogen) atoms. The molecule has 1 aliphatic rings. The van der Waals surface area contributed by atoms with E-state index in [1.165, 1.54) is 17.4 Å². The molecule has 5 heterocycles. The number of hydrogen-bond donors (Lipinski definition) is 4. The molecule has 0 aromatic carbocycles. The fourth-order valence-electron chi connectivity index (χ4n) is 3.92. The van der Waals surface area contributed by atoms with E-state index in [1.807, 2.05) is 42.5 Å². The summed E-state index contributed by atoms with van der Waals surface area (Å²) in [5.74, 6) is 0.470. The van der Waals surface area contributed by atoms with E-state index in [2.05, 4.69) is 30.8 Å². The standard InChI is InChI=1S/C20H22N10O2S/c1-11-10-33-19(22-11)25-16(32)20(2)6-4-8-30(20)18-24-14-5-3-7-29(14)17(26-18)23-13-9-12(15(21)31)27-28-13/h3,5,7,9-10H,4,6,8H2,1-2H3,(H2,21,31)(H,22,25,32)(H2,23,24,26,27,28). The molecule has 0 aliphatic carbocycles. The molecule has 5 rings (SSSR count). The Kier molecular flexibility index (Phi) is 4.96. The van der Waals surface area contributed by atoms with Crippen LogP contribution in [0.5, 0.6) is 0 Å². The van der Waals surface area contributed by atoms with Crippen molar-refractivity contribution < 1.29 is 9.59 Å². The number of nitrogens with two attached hydrogens (primary N) is 1. The summed E-state index contributed by atoms with van der Waals surface area (Å²) in [6.45, 7) is 4.41. The number of rotatable bonds is 6. The molecule has 2 amide bonds. The molecular formula is C20H22N10O2S. The first-order chi connectivity index (χ1) is 15.8. The van der Waals surface area contributed by atoms with Crippen molar-refractivity contribution in [3.05, 3.63) is 41.2 Å². The van der Waals surface area contributed by atoms with Crippen LogP contribution < -0.4 is 21.3 Å². The number of amides is 2. The molecule has 1 fully saturated rings. The van der Waals surface area contributed by atoms with Gasteiger partial charge in [0.1, 0.15) is 16.9 Å². The predicted octanol–water partition coefficient (Wildman–Crippen LogP) is 2.06. The molecule has 13 heteroatoms. The lowest BCUT2D eigenvalue weighted by Crippen LogP contribution is -2.51. The van der Waals surface area contributed by atoms with Crippen molar-refractivity contribution in [2.75, 3.05) is 22.1 Å². The zero-order chi connectivity index (χ0) is 23.2. The molecule has 0 bridgehead atoms. The van der Waals surface area contributed by atoms with Gasteiger partial charge >= 0.3 is 0 Å². The second-order valence-corrected chi connectivity index (χ2v) is 8.88. The number of aryl methyl sites for hydroxylation is 1. The third kappa shape index (κ3) is 3.75. The molecule has 1 saturated heterocycles. The van der Waals surface area contributed by atoms with Gasteiger partial charge in [0.25, 0.3) is 11.8 Å². The molecule has 0 spiro atoms. The molecule has 1 atom stereocenters. The Morgan fingerprint density at radius 3 is 2.88 bits per heavy atom. The van der Waals surface area contributed by atoms with E-state index >= 15 is 0 Å². The Hall–Kier alpha value is -4.00. The van der Waals surface area contributed by atoms with Gasteiger partial charge in [0.2, 0.25) is 11.9 Å². The summed E-state index contributed by atoms with van der Waals surface area (Å²) in [7, 11) is 0. The average Bonchev–Trinajstić information content (AvgIpc) is 3.55. The van der Waals surface area contributed by atoms with Crippen LogP contribution in [0.2, 0.25) is 0 Å². The van der Waals surface area contributed by atoms with E-state index in [0.717, 1.165) is 12.1 Å². The van der Waals surface area contributed by atoms with Crippen molar-refractivity contribution in [2.45, 2.75) is 32.2 Å². The molecule has 1 unspecified atom stereocenters. The second-order valence-electron chi connectivity index (χ2n) is 8.02. The van der Waals surface area contributed by atoms with Gasteiger partial charge in [-0.2, -0.15) is 15.1 Å². The Morgan fingerprint density at radius 1 is 1.30 bits per heavy atom. The summed E-state index contributed by atoms with van der Waals surface area (Å²) in [5.41, 5.74) is 6.15. The SMILES string of the molecule is Cc1csc(NC(=O)C2(C)CCCN2c2nc(Nc3cc(C(N)=O)[nH]n3)n3cccc3n2)n1. The smallest absolute Gasteiger partial charge is 0.266 e. The van der Waals surface area contributed by atoms with E-state index in [0.29, 0.717) is 41.5 Å². The number of primary amides is 1. The molecule has 4 aromatic heterocycles. The highest BCUT2D eigenvalue weighted by Crippen LogP contribution is 2.34. The number of fused-ring (bicyclic) bond motifs is 1. The fraction of sp³-hybridized carbons (Fsp3) is 0.300. The Bertz CT molecular complexity index is 1360. The van der Waals surface area contributed by atoms with Crippen LogP contribution >= 0.6 is 11.3 Å². The van der Waals surface area contributed by atoms with Crippen molar-refractivity contribution in [1.29, 1.82) is 0 Å². The third-order valence-corrected chi connectivity index (χ3v) is 6.55. The minimum Gasteiger partial charge on any atom is -0.364 e. The van der Waals surface area contributed by atoms with Gasteiger partial charge in [-0.05, 0) is 38.8 Å². The van der Waals surface area contributed by atoms with Crippen molar-refractivity contribution >= 4 is 51.6 Å². The summed E-state index contributed by atoms with van der Waals surface area (Å²) >= 11 is 1.39. The highest BCUT2D eigenvalue weighted by atomic mass is 32.1. The monoisotopic (exact) mass is 466 g/mol. The van der Waals surface area contributed by atoms with Crippen molar-refractivity contribution in [3.63, 3.8) is 0 Å². The topological polar surface area (TPSA) is 159 Å². The van der Waals surface area contributed by atoms with Gasteiger partial charge in [-0.3, -0.25) is 24.4 Å². The van der Waals surface area contributed by atoms with Crippen LogP contribution in [0.3, 0.4) is 0 Å². The van der Waals surface area contributed by atoms with Crippen LogP contribution in [-0.4, -0.2) is 53.4 Å². The number of carbonyl (C=O) groups is 2. The molecule has 0 radical (unpaired) electrons. The third-order valence-electron chi connectivity index (χ3n) is 5.67. The number of aromatic amines is 1. The molecule has 170 valence electrons. The molecule has 0 saturated carbocycles. The first-order valence-electron chi connectivity index (χ1n) is 10.3. The summed E-state index contributed by atoms with van der Waals surface area (Å²) in [4.78, 5) is 40.3. The fourth-order valence-corrected chi connectivity index (χ4v) is 4.60. The number of nitrogens with one attached hydrogen (secondary N) is 3. The minimum absolute atomic E-state index is 0.152. The Morgan fingerprint density at radius 2 is 2.15 bits per heavy atom. The molecule has 4 aromatic rings. The minimum atomic E-state index is -0.840. The number of hydrogen-bond acceptors (Lipinski definition) is 9. The lowest BCUT2D eigenvalue weighted by atomic mass is 9.98. The quantitative estimate of drug-likeness (QED) is 0.336. The van der Waals surface area contributed by atoms with Gasteiger partial charge in [-0.25, -0.2) is 4.98 Å². The predicted molar refractivity (Wildman–Crippen MR) is 124 cm³/mol. The largest absolute Gasteiger partial charge is 0.364 e. The Labute approximate surface area is 192 Å². The lowest BCUT2D eigenvalue weighted by Gasteiger charge is -2.33. The van der Waals surface area contributed by atoms with E-state index in [1.54, 1.807) is 4.40 Å². The van der Waals surface area contributed by atoms with E-state index in [-0.39, 0.29) is 11.6 Å². The van der Waals surface area contributed by atoms with Crippen LogP contribution in [0, 0.1) is 6.92 Å². The maximum Gasteiger partial charge on any atom is 0.266 e. The van der Waals surface area contributed by atoms with Gasteiger partial charge in [-0.1, -0.05) is 0 Å². The van der Waals surface area contributed by atoms with Gasteiger partial charge in [0, 0.05) is 24.2 Å².